The molecule has 2 amide bonds. The van der Waals surface area contributed by atoms with Crippen LogP contribution < -0.4 is 14.4 Å². The van der Waals surface area contributed by atoms with E-state index in [-0.39, 0.29) is 24.2 Å². The lowest BCUT2D eigenvalue weighted by molar-refractivity contribution is -0.134. The first kappa shape index (κ1) is 15.6. The van der Waals surface area contributed by atoms with Crippen LogP contribution in [0.5, 0.6) is 11.5 Å². The Hall–Kier alpha value is -2.24. The summed E-state index contributed by atoms with van der Waals surface area (Å²) in [6, 6.07) is 5.47. The molecule has 1 unspecified atom stereocenters. The Balaban J connectivity index is 1.74. The largest absolute Gasteiger partial charge is 0.486 e. The molecule has 1 atom stereocenters. The minimum absolute atomic E-state index is 0.0232. The van der Waals surface area contributed by atoms with Crippen molar-refractivity contribution in [3.8, 4) is 11.5 Å². The van der Waals surface area contributed by atoms with Gasteiger partial charge in [-0.2, -0.15) is 0 Å². The lowest BCUT2D eigenvalue weighted by Crippen LogP contribution is -2.35. The molecule has 2 aliphatic rings. The van der Waals surface area contributed by atoms with E-state index in [1.807, 2.05) is 25.1 Å². The number of nitrogens with zero attached hydrogens (tertiary/aromatic N) is 2. The molecule has 1 aromatic rings. The van der Waals surface area contributed by atoms with Crippen LogP contribution in [0.25, 0.3) is 0 Å². The fourth-order valence-electron chi connectivity index (χ4n) is 3.08. The van der Waals surface area contributed by atoms with E-state index in [4.69, 9.17) is 9.47 Å². The highest BCUT2D eigenvalue weighted by molar-refractivity contribution is 6.00. The molecule has 2 heterocycles. The molecule has 0 spiro atoms. The van der Waals surface area contributed by atoms with Gasteiger partial charge in [0.15, 0.2) is 11.5 Å². The summed E-state index contributed by atoms with van der Waals surface area (Å²) in [5, 5.41) is 0. The maximum atomic E-state index is 12.4. The number of hydrogen-bond acceptors (Lipinski definition) is 4. The van der Waals surface area contributed by atoms with Gasteiger partial charge in [-0.25, -0.2) is 0 Å². The fourth-order valence-corrected chi connectivity index (χ4v) is 3.08. The van der Waals surface area contributed by atoms with Gasteiger partial charge >= 0.3 is 0 Å². The van der Waals surface area contributed by atoms with Gasteiger partial charge in [0.25, 0.3) is 0 Å². The highest BCUT2D eigenvalue weighted by Crippen LogP contribution is 2.36. The zero-order chi connectivity index (χ0) is 16.4. The predicted octanol–water partition coefficient (Wildman–Crippen LogP) is 1.68. The van der Waals surface area contributed by atoms with Gasteiger partial charge in [-0.3, -0.25) is 9.59 Å². The number of rotatable bonds is 4. The Morgan fingerprint density at radius 3 is 2.78 bits per heavy atom. The van der Waals surface area contributed by atoms with Crippen LogP contribution in [-0.4, -0.2) is 50.1 Å². The summed E-state index contributed by atoms with van der Waals surface area (Å²) in [6.45, 7) is 4.21. The minimum Gasteiger partial charge on any atom is -0.486 e. The molecule has 0 N–H and O–H groups in total. The molecule has 1 saturated heterocycles. The van der Waals surface area contributed by atoms with Crippen molar-refractivity contribution in [2.45, 2.75) is 19.8 Å². The third-order valence-corrected chi connectivity index (χ3v) is 4.25. The molecule has 1 fully saturated rings. The molecule has 1 aromatic carbocycles. The lowest BCUT2D eigenvalue weighted by atomic mass is 10.1. The van der Waals surface area contributed by atoms with Gasteiger partial charge in [-0.05, 0) is 18.6 Å². The second-order valence-corrected chi connectivity index (χ2v) is 5.99. The molecule has 6 heteroatoms. The number of anilines is 1. The third kappa shape index (κ3) is 3.11. The van der Waals surface area contributed by atoms with Crippen molar-refractivity contribution in [2.75, 3.05) is 38.3 Å². The van der Waals surface area contributed by atoms with Crippen LogP contribution in [0.3, 0.4) is 0 Å². The second-order valence-electron chi connectivity index (χ2n) is 5.99. The number of ether oxygens (including phenoxy) is 2. The van der Waals surface area contributed by atoms with Gasteiger partial charge in [0.2, 0.25) is 11.8 Å². The summed E-state index contributed by atoms with van der Waals surface area (Å²) in [6.07, 6.45) is 1.18. The molecular formula is C17H22N2O4. The summed E-state index contributed by atoms with van der Waals surface area (Å²) in [4.78, 5) is 28.1. The van der Waals surface area contributed by atoms with Crippen LogP contribution in [0, 0.1) is 5.92 Å². The lowest BCUT2D eigenvalue weighted by Gasteiger charge is -2.23. The zero-order valence-corrected chi connectivity index (χ0v) is 13.6. The standard InChI is InChI=1S/C17H22N2O4/c1-3-6-18(2)17(21)12-9-16(20)19(11-12)13-4-5-14-15(10-13)23-8-7-22-14/h4-5,10,12H,3,6-9,11H2,1-2H3. The number of hydrogen-bond donors (Lipinski definition) is 0. The maximum absolute atomic E-state index is 12.4. The van der Waals surface area contributed by atoms with Crippen LogP contribution in [0.15, 0.2) is 18.2 Å². The van der Waals surface area contributed by atoms with E-state index in [0.717, 1.165) is 12.1 Å². The number of amides is 2. The van der Waals surface area contributed by atoms with Gasteiger partial charge in [0.05, 0.1) is 5.92 Å². The van der Waals surface area contributed by atoms with Gasteiger partial charge in [0, 0.05) is 38.3 Å². The van der Waals surface area contributed by atoms with E-state index in [1.165, 1.54) is 0 Å². The first-order chi connectivity index (χ1) is 11.1. The Bertz CT molecular complexity index is 617. The summed E-state index contributed by atoms with van der Waals surface area (Å²) in [7, 11) is 1.79. The van der Waals surface area contributed by atoms with Crippen LogP contribution in [0.4, 0.5) is 5.69 Å². The van der Waals surface area contributed by atoms with E-state index >= 15 is 0 Å². The molecular weight excluding hydrogens is 296 g/mol. The quantitative estimate of drug-likeness (QED) is 0.847. The molecule has 2 aliphatic heterocycles. The third-order valence-electron chi connectivity index (χ3n) is 4.25. The minimum atomic E-state index is -0.271. The number of benzene rings is 1. The van der Waals surface area contributed by atoms with E-state index in [1.54, 1.807) is 16.8 Å². The Morgan fingerprint density at radius 1 is 1.30 bits per heavy atom. The van der Waals surface area contributed by atoms with Crippen molar-refractivity contribution in [3.05, 3.63) is 18.2 Å². The Kier molecular flexibility index (Phi) is 4.41. The molecule has 0 bridgehead atoms. The van der Waals surface area contributed by atoms with Gasteiger partial charge in [0.1, 0.15) is 13.2 Å². The van der Waals surface area contributed by atoms with E-state index in [2.05, 4.69) is 0 Å². The zero-order valence-electron chi connectivity index (χ0n) is 13.6. The molecule has 6 nitrogen and oxygen atoms in total. The summed E-state index contributed by atoms with van der Waals surface area (Å²) in [5.41, 5.74) is 0.757. The fraction of sp³-hybridized carbons (Fsp3) is 0.529. The van der Waals surface area contributed by atoms with E-state index in [0.29, 0.717) is 37.8 Å². The number of carbonyl (C=O) groups is 2. The van der Waals surface area contributed by atoms with Gasteiger partial charge in [-0.1, -0.05) is 6.92 Å². The molecule has 124 valence electrons. The normalized spacial score (nSPS) is 19.8. The van der Waals surface area contributed by atoms with Crippen molar-refractivity contribution < 1.29 is 19.1 Å². The van der Waals surface area contributed by atoms with Crippen molar-refractivity contribution >= 4 is 17.5 Å². The van der Waals surface area contributed by atoms with Crippen molar-refractivity contribution in [1.82, 2.24) is 4.90 Å². The molecule has 23 heavy (non-hydrogen) atoms. The van der Waals surface area contributed by atoms with Crippen LogP contribution in [0.1, 0.15) is 19.8 Å². The molecule has 0 aliphatic carbocycles. The molecule has 0 aromatic heterocycles. The average molecular weight is 318 g/mol. The van der Waals surface area contributed by atoms with Gasteiger partial charge in [-0.15, -0.1) is 0 Å². The van der Waals surface area contributed by atoms with Gasteiger partial charge < -0.3 is 19.3 Å². The Morgan fingerprint density at radius 2 is 2.04 bits per heavy atom. The highest BCUT2D eigenvalue weighted by Gasteiger charge is 2.36. The monoisotopic (exact) mass is 318 g/mol. The van der Waals surface area contributed by atoms with E-state index in [9.17, 15) is 9.59 Å². The van der Waals surface area contributed by atoms with E-state index < -0.39 is 0 Å². The number of fused-ring (bicyclic) bond motifs is 1. The predicted molar refractivity (Wildman–Crippen MR) is 85.8 cm³/mol. The first-order valence-corrected chi connectivity index (χ1v) is 8.05. The van der Waals surface area contributed by atoms with Crippen molar-refractivity contribution in [2.24, 2.45) is 5.92 Å². The Labute approximate surface area is 136 Å². The number of carbonyl (C=O) groups excluding carboxylic acids is 2. The van der Waals surface area contributed by atoms with Crippen LogP contribution >= 0.6 is 0 Å². The van der Waals surface area contributed by atoms with Crippen LogP contribution in [-0.2, 0) is 9.59 Å². The van der Waals surface area contributed by atoms with Crippen LogP contribution in [0.2, 0.25) is 0 Å². The molecule has 0 radical (unpaired) electrons. The second kappa shape index (κ2) is 6.48. The topological polar surface area (TPSA) is 59.1 Å². The maximum Gasteiger partial charge on any atom is 0.227 e. The SMILES string of the molecule is CCCN(C)C(=O)C1CC(=O)N(c2ccc3c(c2)OCCO3)C1. The van der Waals surface area contributed by atoms with Crippen molar-refractivity contribution in [1.29, 1.82) is 0 Å². The average Bonchev–Trinajstić information content (AvgIpc) is 2.95. The summed E-state index contributed by atoms with van der Waals surface area (Å²) in [5.74, 6) is 1.10. The first-order valence-electron chi connectivity index (χ1n) is 8.05. The van der Waals surface area contributed by atoms with Crippen molar-refractivity contribution in [3.63, 3.8) is 0 Å². The molecule has 3 rings (SSSR count). The molecule has 0 saturated carbocycles. The summed E-state index contributed by atoms with van der Waals surface area (Å²) < 4.78 is 11.1. The smallest absolute Gasteiger partial charge is 0.227 e. The highest BCUT2D eigenvalue weighted by atomic mass is 16.6. The summed E-state index contributed by atoms with van der Waals surface area (Å²) >= 11 is 0.